The first kappa shape index (κ1) is 14.1. The molecule has 0 aromatic heterocycles. The molecule has 1 nitrogen and oxygen atoms in total. The maximum atomic E-state index is 13.2. The van der Waals surface area contributed by atoms with Crippen LogP contribution in [0.15, 0.2) is 18.2 Å². The third-order valence-corrected chi connectivity index (χ3v) is 2.97. The Morgan fingerprint density at radius 3 is 2.00 bits per heavy atom. The fraction of sp³-hybridized carbons (Fsp3) is 0.571. The van der Waals surface area contributed by atoms with Gasteiger partial charge in [0, 0.05) is 12.1 Å². The third kappa shape index (κ3) is 4.08. The van der Waals surface area contributed by atoms with E-state index in [-0.39, 0.29) is 6.04 Å². The molecular formula is C14H21F2N. The van der Waals surface area contributed by atoms with Crippen molar-refractivity contribution in [3.05, 3.63) is 35.4 Å². The van der Waals surface area contributed by atoms with Crippen LogP contribution >= 0.6 is 0 Å². The largest absolute Gasteiger partial charge is 0.313 e. The molecule has 2 atom stereocenters. The molecule has 1 aromatic rings. The van der Waals surface area contributed by atoms with Crippen molar-refractivity contribution in [2.75, 3.05) is 7.05 Å². The second kappa shape index (κ2) is 6.10. The molecular weight excluding hydrogens is 220 g/mol. The van der Waals surface area contributed by atoms with Gasteiger partial charge in [0.15, 0.2) is 0 Å². The zero-order valence-corrected chi connectivity index (χ0v) is 10.9. The van der Waals surface area contributed by atoms with Crippen LogP contribution in [0.3, 0.4) is 0 Å². The van der Waals surface area contributed by atoms with Gasteiger partial charge in [-0.3, -0.25) is 0 Å². The maximum Gasteiger partial charge on any atom is 0.126 e. The Hall–Kier alpha value is -0.960. The van der Waals surface area contributed by atoms with Crippen LogP contribution in [0.2, 0.25) is 0 Å². The molecule has 0 saturated heterocycles. The molecule has 1 rings (SSSR count). The Kier molecular flexibility index (Phi) is 5.06. The van der Waals surface area contributed by atoms with Gasteiger partial charge < -0.3 is 5.32 Å². The van der Waals surface area contributed by atoms with E-state index in [2.05, 4.69) is 26.1 Å². The molecule has 0 saturated carbocycles. The predicted octanol–water partition coefficient (Wildman–Crippen LogP) is 3.91. The second-order valence-electron chi connectivity index (χ2n) is 5.08. The lowest BCUT2D eigenvalue weighted by molar-refractivity contribution is 0.341. The van der Waals surface area contributed by atoms with Crippen LogP contribution in [-0.4, -0.2) is 7.05 Å². The van der Waals surface area contributed by atoms with Crippen molar-refractivity contribution < 1.29 is 8.78 Å². The van der Waals surface area contributed by atoms with E-state index in [0.29, 0.717) is 17.4 Å². The van der Waals surface area contributed by atoms with E-state index in [1.165, 1.54) is 12.1 Å². The first-order valence-electron chi connectivity index (χ1n) is 6.07. The SMILES string of the molecule is CNC(c1cc(F)cc(F)c1)C(C)CC(C)C. The number of halogens is 2. The van der Waals surface area contributed by atoms with Gasteiger partial charge in [0.25, 0.3) is 0 Å². The molecule has 1 aromatic carbocycles. The van der Waals surface area contributed by atoms with Gasteiger partial charge >= 0.3 is 0 Å². The Labute approximate surface area is 102 Å². The fourth-order valence-electron chi connectivity index (χ4n) is 2.41. The van der Waals surface area contributed by atoms with Crippen molar-refractivity contribution in [2.24, 2.45) is 11.8 Å². The minimum absolute atomic E-state index is 0.0115. The average Bonchev–Trinajstić information content (AvgIpc) is 2.15. The van der Waals surface area contributed by atoms with E-state index in [0.717, 1.165) is 12.5 Å². The Morgan fingerprint density at radius 2 is 1.59 bits per heavy atom. The van der Waals surface area contributed by atoms with E-state index in [4.69, 9.17) is 0 Å². The zero-order valence-electron chi connectivity index (χ0n) is 10.9. The van der Waals surface area contributed by atoms with Gasteiger partial charge in [-0.05, 0) is 43.0 Å². The molecule has 0 radical (unpaired) electrons. The standard InChI is InChI=1S/C14H21F2N/c1-9(2)5-10(3)14(17-4)11-6-12(15)8-13(16)7-11/h6-10,14,17H,5H2,1-4H3. The second-order valence-corrected chi connectivity index (χ2v) is 5.08. The van der Waals surface area contributed by atoms with Gasteiger partial charge in [0.2, 0.25) is 0 Å². The summed E-state index contributed by atoms with van der Waals surface area (Å²) >= 11 is 0. The van der Waals surface area contributed by atoms with E-state index in [1.807, 2.05) is 7.05 Å². The first-order valence-corrected chi connectivity index (χ1v) is 6.07. The summed E-state index contributed by atoms with van der Waals surface area (Å²) in [6.07, 6.45) is 1.02. The smallest absolute Gasteiger partial charge is 0.126 e. The molecule has 96 valence electrons. The summed E-state index contributed by atoms with van der Waals surface area (Å²) in [6.45, 7) is 6.40. The van der Waals surface area contributed by atoms with Crippen LogP contribution < -0.4 is 5.32 Å². The molecule has 0 aliphatic heterocycles. The normalized spacial score (nSPS) is 15.0. The molecule has 0 amide bonds. The molecule has 0 spiro atoms. The molecule has 1 N–H and O–H groups in total. The molecule has 0 aliphatic rings. The lowest BCUT2D eigenvalue weighted by atomic mass is 9.88. The number of rotatable bonds is 5. The zero-order chi connectivity index (χ0) is 13.0. The van der Waals surface area contributed by atoms with Crippen LogP contribution in [0.25, 0.3) is 0 Å². The molecule has 2 unspecified atom stereocenters. The van der Waals surface area contributed by atoms with Crippen LogP contribution in [0.4, 0.5) is 8.78 Å². The highest BCUT2D eigenvalue weighted by molar-refractivity contribution is 5.22. The van der Waals surface area contributed by atoms with Gasteiger partial charge in [-0.1, -0.05) is 20.8 Å². The predicted molar refractivity (Wildman–Crippen MR) is 66.8 cm³/mol. The van der Waals surface area contributed by atoms with Crippen molar-refractivity contribution in [1.29, 1.82) is 0 Å². The molecule has 0 fully saturated rings. The molecule has 17 heavy (non-hydrogen) atoms. The minimum atomic E-state index is -0.517. The van der Waals surface area contributed by atoms with Crippen LogP contribution in [-0.2, 0) is 0 Å². The maximum absolute atomic E-state index is 13.2. The highest BCUT2D eigenvalue weighted by Gasteiger charge is 2.19. The topological polar surface area (TPSA) is 12.0 Å². The Morgan fingerprint density at radius 1 is 1.06 bits per heavy atom. The summed E-state index contributed by atoms with van der Waals surface area (Å²) in [5, 5.41) is 3.14. The number of nitrogens with one attached hydrogen (secondary N) is 1. The quantitative estimate of drug-likeness (QED) is 0.824. The number of hydrogen-bond donors (Lipinski definition) is 1. The van der Waals surface area contributed by atoms with E-state index in [1.54, 1.807) is 0 Å². The molecule has 0 heterocycles. The highest BCUT2D eigenvalue weighted by Crippen LogP contribution is 2.27. The summed E-state index contributed by atoms with van der Waals surface area (Å²) in [7, 11) is 1.82. The number of hydrogen-bond acceptors (Lipinski definition) is 1. The van der Waals surface area contributed by atoms with Crippen LogP contribution in [0.1, 0.15) is 38.8 Å². The summed E-state index contributed by atoms with van der Waals surface area (Å²) < 4.78 is 26.4. The van der Waals surface area contributed by atoms with Crippen molar-refractivity contribution >= 4 is 0 Å². The fourth-order valence-corrected chi connectivity index (χ4v) is 2.41. The molecule has 0 aliphatic carbocycles. The van der Waals surface area contributed by atoms with Crippen LogP contribution in [0, 0.1) is 23.5 Å². The van der Waals surface area contributed by atoms with Crippen molar-refractivity contribution in [3.8, 4) is 0 Å². The summed E-state index contributed by atoms with van der Waals surface area (Å²) in [5.41, 5.74) is 0.679. The highest BCUT2D eigenvalue weighted by atomic mass is 19.1. The monoisotopic (exact) mass is 241 g/mol. The lowest BCUT2D eigenvalue weighted by Gasteiger charge is -2.25. The van der Waals surface area contributed by atoms with E-state index >= 15 is 0 Å². The van der Waals surface area contributed by atoms with Gasteiger partial charge in [-0.25, -0.2) is 8.78 Å². The van der Waals surface area contributed by atoms with Gasteiger partial charge in [-0.2, -0.15) is 0 Å². The molecule has 0 bridgehead atoms. The average molecular weight is 241 g/mol. The minimum Gasteiger partial charge on any atom is -0.313 e. The van der Waals surface area contributed by atoms with E-state index in [9.17, 15) is 8.78 Å². The van der Waals surface area contributed by atoms with Gasteiger partial charge in [0.1, 0.15) is 11.6 Å². The van der Waals surface area contributed by atoms with Crippen molar-refractivity contribution in [2.45, 2.75) is 33.2 Å². The third-order valence-electron chi connectivity index (χ3n) is 2.97. The first-order chi connectivity index (χ1) is 7.93. The summed E-state index contributed by atoms with van der Waals surface area (Å²) in [6, 6.07) is 3.70. The van der Waals surface area contributed by atoms with Gasteiger partial charge in [-0.15, -0.1) is 0 Å². The van der Waals surface area contributed by atoms with Crippen molar-refractivity contribution in [1.82, 2.24) is 5.32 Å². The van der Waals surface area contributed by atoms with E-state index < -0.39 is 11.6 Å². The van der Waals surface area contributed by atoms with Crippen LogP contribution in [0.5, 0.6) is 0 Å². The Balaban J connectivity index is 2.92. The van der Waals surface area contributed by atoms with Gasteiger partial charge in [0.05, 0.1) is 0 Å². The summed E-state index contributed by atoms with van der Waals surface area (Å²) in [5.74, 6) is -0.130. The lowest BCUT2D eigenvalue weighted by Crippen LogP contribution is -2.24. The number of benzene rings is 1. The summed E-state index contributed by atoms with van der Waals surface area (Å²) in [4.78, 5) is 0. The molecule has 3 heteroatoms. The van der Waals surface area contributed by atoms with Crippen molar-refractivity contribution in [3.63, 3.8) is 0 Å². The Bertz CT molecular complexity index is 343.